The molecule has 0 aromatic rings. The van der Waals surface area contributed by atoms with Crippen LogP contribution >= 0.6 is 0 Å². The lowest BCUT2D eigenvalue weighted by atomic mass is 9.86. The minimum Gasteiger partial charge on any atom is -0.481 e. The molecule has 27 heavy (non-hydrogen) atoms. The molecule has 0 bridgehead atoms. The third kappa shape index (κ3) is 4.46. The van der Waals surface area contributed by atoms with Crippen LogP contribution in [0.5, 0.6) is 0 Å². The molecule has 2 rings (SSSR count). The number of carboxylic acids is 2. The lowest BCUT2D eigenvalue weighted by Gasteiger charge is -2.41. The van der Waals surface area contributed by atoms with Gasteiger partial charge in [-0.15, -0.1) is 0 Å². The third-order valence-electron chi connectivity index (χ3n) is 4.43. The first kappa shape index (κ1) is 21.3. The van der Waals surface area contributed by atoms with Crippen molar-refractivity contribution in [3.8, 4) is 0 Å². The molecule has 0 aliphatic carbocycles. The van der Waals surface area contributed by atoms with Crippen LogP contribution in [0.3, 0.4) is 0 Å². The molecule has 0 radical (unpaired) electrons. The van der Waals surface area contributed by atoms with E-state index in [4.69, 9.17) is 19.3 Å². The number of carbonyl (C=O) groups is 2. The Bertz CT molecular complexity index is 626. The monoisotopic (exact) mass is 390 g/mol. The number of allylic oxidation sites excluding steroid dienone is 1. The molecule has 0 spiro atoms. The molecular weight excluding hydrogens is 368 g/mol. The molecule has 0 amide bonds. The molecule has 2 aliphatic rings. The van der Waals surface area contributed by atoms with Crippen molar-refractivity contribution in [2.45, 2.75) is 50.3 Å². The molecule has 2 heterocycles. The lowest BCUT2D eigenvalue weighted by molar-refractivity contribution is -0.327. The van der Waals surface area contributed by atoms with Crippen molar-refractivity contribution < 1.29 is 54.4 Å². The second-order valence-electron chi connectivity index (χ2n) is 6.12. The zero-order valence-electron chi connectivity index (χ0n) is 14.3. The van der Waals surface area contributed by atoms with Crippen LogP contribution in [0.1, 0.15) is 13.3 Å². The molecule has 2 aliphatic heterocycles. The summed E-state index contributed by atoms with van der Waals surface area (Å²) < 4.78 is 15.9. The Morgan fingerprint density at radius 1 is 1.19 bits per heavy atom. The van der Waals surface area contributed by atoms with E-state index in [9.17, 15) is 35.1 Å². The number of hydrogen-bond acceptors (Lipinski definition) is 9. The highest BCUT2D eigenvalue weighted by atomic mass is 16.8. The summed E-state index contributed by atoms with van der Waals surface area (Å²) >= 11 is 0. The van der Waals surface area contributed by atoms with Gasteiger partial charge in [0.15, 0.2) is 6.29 Å². The van der Waals surface area contributed by atoms with Gasteiger partial charge in [0.2, 0.25) is 6.29 Å². The van der Waals surface area contributed by atoms with Gasteiger partial charge in [-0.2, -0.15) is 0 Å². The molecule has 11 heteroatoms. The quantitative estimate of drug-likeness (QED) is 0.280. The Hall–Kier alpha value is -2.02. The largest absolute Gasteiger partial charge is 0.481 e. The van der Waals surface area contributed by atoms with Gasteiger partial charge in [-0.05, 0) is 6.92 Å². The molecule has 7 atom stereocenters. The molecule has 1 saturated heterocycles. The van der Waals surface area contributed by atoms with Crippen LogP contribution in [-0.4, -0.2) is 86.2 Å². The third-order valence-corrected chi connectivity index (χ3v) is 4.43. The smallest absolute Gasteiger partial charge is 0.335 e. The fourth-order valence-corrected chi connectivity index (χ4v) is 2.99. The summed E-state index contributed by atoms with van der Waals surface area (Å²) in [4.78, 5) is 22.5. The minimum atomic E-state index is -1.69. The maximum atomic E-state index is 11.4. The van der Waals surface area contributed by atoms with E-state index in [0.29, 0.717) is 0 Å². The Morgan fingerprint density at radius 3 is 2.37 bits per heavy atom. The molecule has 1 fully saturated rings. The van der Waals surface area contributed by atoms with Crippen LogP contribution in [-0.2, 0) is 23.8 Å². The molecule has 0 unspecified atom stereocenters. The highest BCUT2D eigenvalue weighted by Crippen LogP contribution is 2.35. The lowest BCUT2D eigenvalue weighted by Crippen LogP contribution is -2.60. The van der Waals surface area contributed by atoms with Crippen LogP contribution in [0.25, 0.3) is 0 Å². The van der Waals surface area contributed by atoms with Gasteiger partial charge in [-0.1, -0.05) is 6.08 Å². The van der Waals surface area contributed by atoms with Gasteiger partial charge in [0.25, 0.3) is 0 Å². The van der Waals surface area contributed by atoms with Gasteiger partial charge in [0.1, 0.15) is 24.4 Å². The van der Waals surface area contributed by atoms with Crippen LogP contribution in [0, 0.1) is 5.92 Å². The zero-order chi connectivity index (χ0) is 20.3. The van der Waals surface area contributed by atoms with Gasteiger partial charge in [0.05, 0.1) is 24.9 Å². The molecule has 11 nitrogen and oxygen atoms in total. The highest BCUT2D eigenvalue weighted by molar-refractivity contribution is 5.89. The van der Waals surface area contributed by atoms with Crippen LogP contribution in [0.2, 0.25) is 0 Å². The van der Waals surface area contributed by atoms with Crippen molar-refractivity contribution in [3.63, 3.8) is 0 Å². The average molecular weight is 390 g/mol. The number of hydrogen-bond donors (Lipinski definition) is 6. The van der Waals surface area contributed by atoms with Crippen LogP contribution < -0.4 is 0 Å². The molecule has 0 saturated carbocycles. The fourth-order valence-electron chi connectivity index (χ4n) is 2.99. The van der Waals surface area contributed by atoms with Crippen molar-refractivity contribution in [3.05, 3.63) is 23.5 Å². The first-order valence-corrected chi connectivity index (χ1v) is 8.13. The molecule has 0 aromatic heterocycles. The summed E-state index contributed by atoms with van der Waals surface area (Å²) in [7, 11) is 0. The van der Waals surface area contributed by atoms with Gasteiger partial charge < -0.3 is 44.8 Å². The zero-order valence-corrected chi connectivity index (χ0v) is 14.3. The first-order valence-electron chi connectivity index (χ1n) is 8.13. The van der Waals surface area contributed by atoms with E-state index in [1.807, 2.05) is 0 Å². The maximum absolute atomic E-state index is 11.4. The molecular formula is C16H22O11. The first-order chi connectivity index (χ1) is 12.7. The normalized spacial score (nSPS) is 38.2. The van der Waals surface area contributed by atoms with Gasteiger partial charge in [-0.3, -0.25) is 4.79 Å². The predicted molar refractivity (Wildman–Crippen MR) is 84.9 cm³/mol. The second-order valence-corrected chi connectivity index (χ2v) is 6.12. The fraction of sp³-hybridized carbons (Fsp3) is 0.625. The number of aliphatic hydroxyl groups is 4. The minimum absolute atomic E-state index is 0.175. The number of aliphatic carboxylic acids is 2. The van der Waals surface area contributed by atoms with E-state index in [1.54, 1.807) is 0 Å². The summed E-state index contributed by atoms with van der Waals surface area (Å²) in [6.45, 7) is 0.874. The molecule has 6 N–H and O–H groups in total. The van der Waals surface area contributed by atoms with Crippen molar-refractivity contribution >= 4 is 11.9 Å². The van der Waals surface area contributed by atoms with E-state index in [-0.39, 0.29) is 11.1 Å². The standard InChI is InChI=1S/C16H22O11/c1-2-6-7(3-10(18)19)8(14(23)24)5-25-15(6)27-16-13(22)12(21)11(20)9(4-17)26-16/h2,5,7,9,11-13,15-17,20-22H,3-4H2,1H3,(H,18,19)(H,23,24)/b6-2+/t7-,9-,11-,12+,13-,15-,16+/m0/s1. The second kappa shape index (κ2) is 8.78. The highest BCUT2D eigenvalue weighted by Gasteiger charge is 2.46. The number of rotatable bonds is 6. The Morgan fingerprint density at radius 2 is 1.85 bits per heavy atom. The van der Waals surface area contributed by atoms with Crippen molar-refractivity contribution in [2.75, 3.05) is 6.61 Å². The van der Waals surface area contributed by atoms with Gasteiger partial charge in [0, 0.05) is 11.5 Å². The van der Waals surface area contributed by atoms with E-state index < -0.39 is 67.9 Å². The average Bonchev–Trinajstić information content (AvgIpc) is 2.61. The topological polar surface area (TPSA) is 183 Å². The Balaban J connectivity index is 2.25. The van der Waals surface area contributed by atoms with Crippen molar-refractivity contribution in [2.24, 2.45) is 5.92 Å². The van der Waals surface area contributed by atoms with Crippen LogP contribution in [0.4, 0.5) is 0 Å². The summed E-state index contributed by atoms with van der Waals surface area (Å²) in [6, 6.07) is 0. The SMILES string of the molecule is C/C=C1/[C@H](O[C@H]2O[C@@H](CO)[C@H](O)[C@@H](O)[C@@H]2O)OC=C(C(=O)O)[C@H]1CC(=O)O. The van der Waals surface area contributed by atoms with Gasteiger partial charge >= 0.3 is 11.9 Å². The maximum Gasteiger partial charge on any atom is 0.335 e. The summed E-state index contributed by atoms with van der Waals surface area (Å²) in [5.41, 5.74) is -0.103. The Kier molecular flexibility index (Phi) is 6.92. The number of ether oxygens (including phenoxy) is 3. The summed E-state index contributed by atoms with van der Waals surface area (Å²) in [5, 5.41) is 57.2. The molecule has 0 aromatic carbocycles. The summed E-state index contributed by atoms with van der Waals surface area (Å²) in [6.07, 6.45) is -7.20. The van der Waals surface area contributed by atoms with Crippen LogP contribution in [0.15, 0.2) is 23.5 Å². The Labute approximate surface area is 153 Å². The van der Waals surface area contributed by atoms with E-state index in [1.165, 1.54) is 13.0 Å². The van der Waals surface area contributed by atoms with E-state index >= 15 is 0 Å². The van der Waals surface area contributed by atoms with E-state index in [2.05, 4.69) is 0 Å². The number of aliphatic hydroxyl groups excluding tert-OH is 4. The summed E-state index contributed by atoms with van der Waals surface area (Å²) in [5.74, 6) is -3.64. The van der Waals surface area contributed by atoms with Crippen molar-refractivity contribution in [1.29, 1.82) is 0 Å². The predicted octanol–water partition coefficient (Wildman–Crippen LogP) is -1.84. The van der Waals surface area contributed by atoms with Crippen molar-refractivity contribution in [1.82, 2.24) is 0 Å². The van der Waals surface area contributed by atoms with E-state index in [0.717, 1.165) is 6.26 Å². The number of carboxylic acid groups (broad SMARTS) is 2. The van der Waals surface area contributed by atoms with Gasteiger partial charge in [-0.25, -0.2) is 4.79 Å². The molecule has 152 valence electrons.